The van der Waals surface area contributed by atoms with E-state index in [1.807, 2.05) is 54.6 Å². The number of halogens is 1. The molecule has 5 rings (SSSR count). The van der Waals surface area contributed by atoms with Gasteiger partial charge in [0, 0.05) is 36.9 Å². The minimum Gasteiger partial charge on any atom is -0.487 e. The van der Waals surface area contributed by atoms with Gasteiger partial charge in [0.25, 0.3) is 0 Å². The molecule has 1 fully saturated rings. The van der Waals surface area contributed by atoms with Crippen LogP contribution in [0.1, 0.15) is 24.0 Å². The first kappa shape index (κ1) is 24.7. The molecule has 0 aliphatic carbocycles. The summed E-state index contributed by atoms with van der Waals surface area (Å²) in [6.45, 7) is 1.43. The van der Waals surface area contributed by atoms with Crippen LogP contribution in [0.5, 0.6) is 5.75 Å². The molecule has 0 radical (unpaired) electrons. The monoisotopic (exact) mass is 514 g/mol. The number of carbonyl (C=O) groups excluding carboxylic acids is 1. The smallest absolute Gasteiger partial charge is 0.235 e. The molecule has 2 heterocycles. The molecule has 4 aromatic rings. The third-order valence-corrected chi connectivity index (χ3v) is 6.95. The van der Waals surface area contributed by atoms with Crippen LogP contribution in [0.3, 0.4) is 0 Å². The van der Waals surface area contributed by atoms with Crippen molar-refractivity contribution >= 4 is 29.1 Å². The molecule has 7 nitrogen and oxygen atoms in total. The molecule has 1 aromatic heterocycles. The van der Waals surface area contributed by atoms with Gasteiger partial charge in [0.15, 0.2) is 0 Å². The molecule has 3 N–H and O–H groups in total. The minimum atomic E-state index is -0.719. The van der Waals surface area contributed by atoms with E-state index in [0.29, 0.717) is 49.1 Å². The normalized spacial score (nSPS) is 14.6. The molecule has 1 aliphatic heterocycles. The van der Waals surface area contributed by atoms with Crippen LogP contribution in [0.15, 0.2) is 85.2 Å². The molecular weight excluding hydrogens is 488 g/mol. The number of aromatic nitrogens is 2. The lowest BCUT2D eigenvalue weighted by molar-refractivity contribution is -0.125. The summed E-state index contributed by atoms with van der Waals surface area (Å²) in [5.41, 5.74) is 9.29. The maximum absolute atomic E-state index is 13.7. The summed E-state index contributed by atoms with van der Waals surface area (Å²) in [5, 5.41) is 3.51. The van der Waals surface area contributed by atoms with Gasteiger partial charge < -0.3 is 20.5 Å². The zero-order valence-corrected chi connectivity index (χ0v) is 20.9. The Labute approximate surface area is 220 Å². The van der Waals surface area contributed by atoms with Crippen molar-refractivity contribution in [1.29, 1.82) is 0 Å². The van der Waals surface area contributed by atoms with E-state index in [2.05, 4.69) is 15.3 Å². The van der Waals surface area contributed by atoms with E-state index in [4.69, 9.17) is 26.8 Å². The van der Waals surface area contributed by atoms with Gasteiger partial charge in [-0.05, 0) is 47.7 Å². The Bertz CT molecular complexity index is 1360. The molecular formula is C29H27ClN4O3. The van der Waals surface area contributed by atoms with Gasteiger partial charge in [-0.15, -0.1) is 0 Å². The van der Waals surface area contributed by atoms with Gasteiger partial charge in [0.1, 0.15) is 12.4 Å². The predicted octanol–water partition coefficient (Wildman–Crippen LogP) is 5.65. The highest BCUT2D eigenvalue weighted by Gasteiger charge is 2.41. The second-order valence-electron chi connectivity index (χ2n) is 8.98. The Kier molecular flexibility index (Phi) is 7.35. The minimum absolute atomic E-state index is 0.0895. The largest absolute Gasteiger partial charge is 0.487 e. The van der Waals surface area contributed by atoms with E-state index in [-0.39, 0.29) is 11.9 Å². The summed E-state index contributed by atoms with van der Waals surface area (Å²) in [7, 11) is 0. The average Bonchev–Trinajstić information content (AvgIpc) is 2.94. The number of anilines is 2. The van der Waals surface area contributed by atoms with Gasteiger partial charge >= 0.3 is 0 Å². The number of hydrogen-bond donors (Lipinski definition) is 2. The third kappa shape index (κ3) is 5.58. The first-order chi connectivity index (χ1) is 18.0. The first-order valence-electron chi connectivity index (χ1n) is 12.1. The SMILES string of the molecule is Nc1ncc(-c2ccc(C3(C(=O)Nc4ccc(OCc5ccccc5)c(Cl)c4)CCOCC3)cc2)cn1. The van der Waals surface area contributed by atoms with Gasteiger partial charge in [-0.2, -0.15) is 0 Å². The number of amides is 1. The molecule has 3 aromatic carbocycles. The fourth-order valence-corrected chi connectivity index (χ4v) is 4.75. The van der Waals surface area contributed by atoms with Crippen LogP contribution in [0, 0.1) is 0 Å². The fraction of sp³-hybridized carbons (Fsp3) is 0.207. The van der Waals surface area contributed by atoms with Gasteiger partial charge in [-0.3, -0.25) is 4.79 Å². The molecule has 0 unspecified atom stereocenters. The standard InChI is InChI=1S/C29H27ClN4O3/c30-25-16-24(10-11-26(25)37-19-20-4-2-1-3-5-20)34-27(35)29(12-14-36-15-13-29)23-8-6-21(7-9-23)22-17-32-28(31)33-18-22/h1-11,16-18H,12-15,19H2,(H,34,35)(H2,31,32,33). The molecule has 0 spiro atoms. The highest BCUT2D eigenvalue weighted by molar-refractivity contribution is 6.32. The van der Waals surface area contributed by atoms with E-state index in [9.17, 15) is 4.79 Å². The lowest BCUT2D eigenvalue weighted by atomic mass is 9.73. The number of carbonyl (C=O) groups is 1. The number of nitrogens with one attached hydrogen (secondary N) is 1. The Morgan fingerprint density at radius 1 is 0.973 bits per heavy atom. The second kappa shape index (κ2) is 11.0. The van der Waals surface area contributed by atoms with Crippen LogP contribution in [0.4, 0.5) is 11.6 Å². The summed E-state index contributed by atoms with van der Waals surface area (Å²) >= 11 is 6.49. The van der Waals surface area contributed by atoms with Crippen LogP contribution in [-0.4, -0.2) is 29.1 Å². The maximum atomic E-state index is 13.7. The Morgan fingerprint density at radius 2 is 1.68 bits per heavy atom. The quantitative estimate of drug-likeness (QED) is 0.331. The van der Waals surface area contributed by atoms with Crippen molar-refractivity contribution in [2.75, 3.05) is 24.3 Å². The van der Waals surface area contributed by atoms with E-state index in [1.54, 1.807) is 30.6 Å². The van der Waals surface area contributed by atoms with Crippen LogP contribution in [0.2, 0.25) is 5.02 Å². The number of nitrogens with zero attached hydrogens (tertiary/aromatic N) is 2. The summed E-state index contributed by atoms with van der Waals surface area (Å²) < 4.78 is 11.5. The zero-order chi connectivity index (χ0) is 25.7. The summed E-state index contributed by atoms with van der Waals surface area (Å²) in [4.78, 5) is 21.8. The summed E-state index contributed by atoms with van der Waals surface area (Å²) in [6, 6.07) is 23.1. The number of hydrogen-bond acceptors (Lipinski definition) is 6. The van der Waals surface area contributed by atoms with E-state index in [1.165, 1.54) is 0 Å². The maximum Gasteiger partial charge on any atom is 0.235 e. The Balaban J connectivity index is 1.33. The van der Waals surface area contributed by atoms with Gasteiger partial charge in [0.05, 0.1) is 10.4 Å². The van der Waals surface area contributed by atoms with Crippen molar-refractivity contribution in [2.45, 2.75) is 24.9 Å². The number of ether oxygens (including phenoxy) is 2. The highest BCUT2D eigenvalue weighted by Crippen LogP contribution is 2.38. The lowest BCUT2D eigenvalue weighted by Crippen LogP contribution is -2.44. The van der Waals surface area contributed by atoms with Crippen LogP contribution in [0.25, 0.3) is 11.1 Å². The molecule has 8 heteroatoms. The number of rotatable bonds is 7. The van der Waals surface area contributed by atoms with Gasteiger partial charge in [0.2, 0.25) is 11.9 Å². The number of nitrogens with two attached hydrogens (primary N) is 1. The molecule has 1 amide bonds. The molecule has 1 aliphatic rings. The van der Waals surface area contributed by atoms with Gasteiger partial charge in [-0.25, -0.2) is 9.97 Å². The molecule has 37 heavy (non-hydrogen) atoms. The number of benzene rings is 3. The Morgan fingerprint density at radius 3 is 2.35 bits per heavy atom. The lowest BCUT2D eigenvalue weighted by Gasteiger charge is -2.36. The van der Waals surface area contributed by atoms with Crippen LogP contribution in [-0.2, 0) is 21.6 Å². The average molecular weight is 515 g/mol. The molecule has 0 bridgehead atoms. The number of nitrogen functional groups attached to an aromatic ring is 1. The van der Waals surface area contributed by atoms with E-state index >= 15 is 0 Å². The fourth-order valence-electron chi connectivity index (χ4n) is 4.52. The van der Waals surface area contributed by atoms with Crippen molar-refractivity contribution in [1.82, 2.24) is 9.97 Å². The van der Waals surface area contributed by atoms with Gasteiger partial charge in [-0.1, -0.05) is 66.2 Å². The predicted molar refractivity (Wildman–Crippen MR) is 144 cm³/mol. The third-order valence-electron chi connectivity index (χ3n) is 6.65. The van der Waals surface area contributed by atoms with Crippen molar-refractivity contribution < 1.29 is 14.3 Å². The second-order valence-corrected chi connectivity index (χ2v) is 9.38. The molecule has 188 valence electrons. The van der Waals surface area contributed by atoms with Crippen molar-refractivity contribution in [3.63, 3.8) is 0 Å². The first-order valence-corrected chi connectivity index (χ1v) is 12.5. The van der Waals surface area contributed by atoms with Crippen molar-refractivity contribution in [3.8, 4) is 16.9 Å². The molecule has 0 saturated carbocycles. The highest BCUT2D eigenvalue weighted by atomic mass is 35.5. The topological polar surface area (TPSA) is 99.4 Å². The van der Waals surface area contributed by atoms with E-state index < -0.39 is 5.41 Å². The zero-order valence-electron chi connectivity index (χ0n) is 20.2. The van der Waals surface area contributed by atoms with Crippen molar-refractivity contribution in [3.05, 3.63) is 101 Å². The van der Waals surface area contributed by atoms with Crippen LogP contribution < -0.4 is 15.8 Å². The Hall–Kier alpha value is -3.94. The summed E-state index contributed by atoms with van der Waals surface area (Å²) in [6.07, 6.45) is 4.53. The van der Waals surface area contributed by atoms with Crippen LogP contribution >= 0.6 is 11.6 Å². The van der Waals surface area contributed by atoms with E-state index in [0.717, 1.165) is 22.3 Å². The molecule has 1 saturated heterocycles. The van der Waals surface area contributed by atoms with Crippen molar-refractivity contribution in [2.24, 2.45) is 0 Å². The summed E-state index contributed by atoms with van der Waals surface area (Å²) in [5.74, 6) is 0.703. The molecule has 0 atom stereocenters.